The number of aryl methyl sites for hydroxylation is 1. The summed E-state index contributed by atoms with van der Waals surface area (Å²) in [4.78, 5) is 6.53. The first kappa shape index (κ1) is 18.0. The van der Waals surface area contributed by atoms with E-state index in [0.29, 0.717) is 44.4 Å². The summed E-state index contributed by atoms with van der Waals surface area (Å²) in [7, 11) is -3.59. The van der Waals surface area contributed by atoms with Crippen LogP contribution in [0, 0.1) is 5.82 Å². The molecule has 0 aliphatic carbocycles. The van der Waals surface area contributed by atoms with Gasteiger partial charge in [0.05, 0.1) is 11.4 Å². The van der Waals surface area contributed by atoms with Gasteiger partial charge in [0.25, 0.3) is 0 Å². The maximum Gasteiger partial charge on any atom is 0.243 e. The highest BCUT2D eigenvalue weighted by Crippen LogP contribution is 2.18. The van der Waals surface area contributed by atoms with Gasteiger partial charge in [-0.3, -0.25) is 4.90 Å². The first-order chi connectivity index (χ1) is 12.0. The summed E-state index contributed by atoms with van der Waals surface area (Å²) in [5.41, 5.74) is 0. The molecule has 0 N–H and O–H groups in total. The molecule has 25 heavy (non-hydrogen) atoms. The van der Waals surface area contributed by atoms with E-state index < -0.39 is 15.8 Å². The van der Waals surface area contributed by atoms with Gasteiger partial charge in [-0.05, 0) is 30.7 Å². The zero-order chi connectivity index (χ0) is 17.9. The Bertz CT molecular complexity index is 799. The Labute approximate surface area is 146 Å². The molecule has 0 atom stereocenters. The van der Waals surface area contributed by atoms with E-state index in [4.69, 9.17) is 4.52 Å². The number of piperazine rings is 1. The van der Waals surface area contributed by atoms with E-state index in [1.165, 1.54) is 16.4 Å². The lowest BCUT2D eigenvalue weighted by atomic mass is 10.3. The number of nitrogens with zero attached hydrogens (tertiary/aromatic N) is 4. The van der Waals surface area contributed by atoms with Crippen molar-refractivity contribution in [2.24, 2.45) is 0 Å². The minimum Gasteiger partial charge on any atom is -0.338 e. The van der Waals surface area contributed by atoms with Gasteiger partial charge in [0.15, 0.2) is 5.82 Å². The van der Waals surface area contributed by atoms with Crippen molar-refractivity contribution in [1.82, 2.24) is 19.3 Å². The fourth-order valence-electron chi connectivity index (χ4n) is 2.75. The molecule has 1 fully saturated rings. The second-order valence-corrected chi connectivity index (χ2v) is 7.93. The molecule has 0 amide bonds. The van der Waals surface area contributed by atoms with Gasteiger partial charge in [0.1, 0.15) is 5.82 Å². The van der Waals surface area contributed by atoms with Gasteiger partial charge >= 0.3 is 0 Å². The summed E-state index contributed by atoms with van der Waals surface area (Å²) < 4.78 is 44.8. The Morgan fingerprint density at radius 2 is 1.84 bits per heavy atom. The molecule has 136 valence electrons. The molecule has 2 aromatic rings. The highest BCUT2D eigenvalue weighted by atomic mass is 32.2. The molecule has 7 nitrogen and oxygen atoms in total. The van der Waals surface area contributed by atoms with Crippen molar-refractivity contribution < 1.29 is 17.3 Å². The quantitative estimate of drug-likeness (QED) is 0.772. The molecule has 0 unspecified atom stereocenters. The highest BCUT2D eigenvalue weighted by molar-refractivity contribution is 7.89. The molecule has 0 saturated carbocycles. The predicted octanol–water partition coefficient (Wildman–Crippen LogP) is 1.67. The van der Waals surface area contributed by atoms with Gasteiger partial charge in [-0.2, -0.15) is 9.29 Å². The fraction of sp³-hybridized carbons (Fsp3) is 0.500. The van der Waals surface area contributed by atoms with Crippen molar-refractivity contribution in [2.45, 2.75) is 31.2 Å². The molecule has 2 heterocycles. The molecular weight excluding hydrogens is 347 g/mol. The summed E-state index contributed by atoms with van der Waals surface area (Å²) >= 11 is 0. The highest BCUT2D eigenvalue weighted by Gasteiger charge is 2.29. The molecule has 3 rings (SSSR count). The Kier molecular flexibility index (Phi) is 5.45. The van der Waals surface area contributed by atoms with Crippen molar-refractivity contribution >= 4 is 10.0 Å². The molecule has 1 aromatic heterocycles. The van der Waals surface area contributed by atoms with E-state index in [0.717, 1.165) is 25.0 Å². The molecule has 1 aromatic carbocycles. The van der Waals surface area contributed by atoms with Gasteiger partial charge in [-0.25, -0.2) is 12.8 Å². The van der Waals surface area contributed by atoms with Crippen LogP contribution < -0.4 is 0 Å². The van der Waals surface area contributed by atoms with Crippen molar-refractivity contribution in [2.75, 3.05) is 26.2 Å². The van der Waals surface area contributed by atoms with Gasteiger partial charge in [-0.1, -0.05) is 12.1 Å². The van der Waals surface area contributed by atoms with Crippen LogP contribution in [0.4, 0.5) is 4.39 Å². The van der Waals surface area contributed by atoms with E-state index in [-0.39, 0.29) is 4.90 Å². The van der Waals surface area contributed by atoms with Gasteiger partial charge in [-0.15, -0.1) is 0 Å². The lowest BCUT2D eigenvalue weighted by Gasteiger charge is -2.33. The van der Waals surface area contributed by atoms with E-state index in [1.807, 2.05) is 0 Å². The smallest absolute Gasteiger partial charge is 0.243 e. The van der Waals surface area contributed by atoms with Crippen molar-refractivity contribution in [3.05, 3.63) is 41.8 Å². The van der Waals surface area contributed by atoms with Crippen LogP contribution in [-0.2, 0) is 23.0 Å². The lowest BCUT2D eigenvalue weighted by molar-refractivity contribution is 0.163. The SMILES string of the molecule is CCCc1noc(CN2CCN(S(=O)(=O)c3ccc(F)cc3)CC2)n1. The second kappa shape index (κ2) is 7.59. The van der Waals surface area contributed by atoms with Crippen LogP contribution in [0.5, 0.6) is 0 Å². The number of aromatic nitrogens is 2. The minimum atomic E-state index is -3.59. The van der Waals surface area contributed by atoms with Crippen LogP contribution >= 0.6 is 0 Å². The van der Waals surface area contributed by atoms with Crippen LogP contribution in [0.15, 0.2) is 33.7 Å². The summed E-state index contributed by atoms with van der Waals surface area (Å²) in [6.07, 6.45) is 1.74. The van der Waals surface area contributed by atoms with Gasteiger partial charge in [0.2, 0.25) is 15.9 Å². The zero-order valence-electron chi connectivity index (χ0n) is 14.1. The number of sulfonamides is 1. The summed E-state index contributed by atoms with van der Waals surface area (Å²) in [6.45, 7) is 4.46. The number of halogens is 1. The molecule has 1 saturated heterocycles. The number of hydrogen-bond acceptors (Lipinski definition) is 6. The normalized spacial score (nSPS) is 17.0. The standard InChI is InChI=1S/C16H21FN4O3S/c1-2-3-15-18-16(24-19-15)12-20-8-10-21(11-9-20)25(22,23)14-6-4-13(17)5-7-14/h4-7H,2-3,8-12H2,1H3. The topological polar surface area (TPSA) is 79.5 Å². The summed E-state index contributed by atoms with van der Waals surface area (Å²) in [6, 6.07) is 4.91. The van der Waals surface area contributed by atoms with E-state index in [2.05, 4.69) is 22.0 Å². The molecule has 9 heteroatoms. The largest absolute Gasteiger partial charge is 0.338 e. The van der Waals surface area contributed by atoms with Crippen LogP contribution in [-0.4, -0.2) is 53.9 Å². The Hall–Kier alpha value is -1.84. The molecular formula is C16H21FN4O3S. The van der Waals surface area contributed by atoms with Crippen LogP contribution in [0.3, 0.4) is 0 Å². The zero-order valence-corrected chi connectivity index (χ0v) is 14.9. The fourth-order valence-corrected chi connectivity index (χ4v) is 4.18. The van der Waals surface area contributed by atoms with E-state index >= 15 is 0 Å². The third-order valence-corrected chi connectivity index (χ3v) is 6.04. The van der Waals surface area contributed by atoms with Crippen LogP contribution in [0.1, 0.15) is 25.1 Å². The third-order valence-electron chi connectivity index (χ3n) is 4.13. The monoisotopic (exact) mass is 368 g/mol. The average molecular weight is 368 g/mol. The average Bonchev–Trinajstić information content (AvgIpc) is 3.03. The lowest BCUT2D eigenvalue weighted by Crippen LogP contribution is -2.48. The Balaban J connectivity index is 1.58. The molecule has 1 aliphatic rings. The molecule has 0 radical (unpaired) electrons. The summed E-state index contributed by atoms with van der Waals surface area (Å²) in [5, 5.41) is 3.92. The maximum atomic E-state index is 13.0. The van der Waals surface area contributed by atoms with Gasteiger partial charge in [0, 0.05) is 32.6 Å². The number of benzene rings is 1. The Morgan fingerprint density at radius 1 is 1.16 bits per heavy atom. The molecule has 0 spiro atoms. The minimum absolute atomic E-state index is 0.114. The Morgan fingerprint density at radius 3 is 2.48 bits per heavy atom. The van der Waals surface area contributed by atoms with Crippen LogP contribution in [0.2, 0.25) is 0 Å². The van der Waals surface area contributed by atoms with Gasteiger partial charge < -0.3 is 4.52 Å². The third kappa shape index (κ3) is 4.23. The van der Waals surface area contributed by atoms with Crippen molar-refractivity contribution in [3.8, 4) is 0 Å². The summed E-state index contributed by atoms with van der Waals surface area (Å²) in [5.74, 6) is 0.805. The maximum absolute atomic E-state index is 13.0. The first-order valence-corrected chi connectivity index (χ1v) is 9.72. The number of rotatable bonds is 6. The van der Waals surface area contributed by atoms with E-state index in [9.17, 15) is 12.8 Å². The second-order valence-electron chi connectivity index (χ2n) is 5.99. The first-order valence-electron chi connectivity index (χ1n) is 8.28. The van der Waals surface area contributed by atoms with Crippen LogP contribution in [0.25, 0.3) is 0 Å². The number of hydrogen-bond donors (Lipinski definition) is 0. The van der Waals surface area contributed by atoms with Crippen molar-refractivity contribution in [3.63, 3.8) is 0 Å². The molecule has 1 aliphatic heterocycles. The predicted molar refractivity (Wildman–Crippen MR) is 88.7 cm³/mol. The molecule has 0 bridgehead atoms. The van der Waals surface area contributed by atoms with E-state index in [1.54, 1.807) is 0 Å². The van der Waals surface area contributed by atoms with Crippen molar-refractivity contribution in [1.29, 1.82) is 0 Å².